The van der Waals surface area contributed by atoms with E-state index in [9.17, 15) is 4.79 Å². The Bertz CT molecular complexity index is 434. The number of aliphatic hydroxyl groups is 1. The van der Waals surface area contributed by atoms with Crippen LogP contribution in [0, 0.1) is 0 Å². The molecule has 1 aliphatic carbocycles. The quantitative estimate of drug-likeness (QED) is 0.798. The summed E-state index contributed by atoms with van der Waals surface area (Å²) in [5, 5.41) is 11.8. The first-order valence-electron chi connectivity index (χ1n) is 6.68. The summed E-state index contributed by atoms with van der Waals surface area (Å²) < 4.78 is 0. The van der Waals surface area contributed by atoms with Crippen LogP contribution in [0.3, 0.4) is 0 Å². The largest absolute Gasteiger partial charge is 0.396 e. The predicted octanol–water partition coefficient (Wildman–Crippen LogP) is 0.895. The van der Waals surface area contributed by atoms with E-state index in [0.29, 0.717) is 30.5 Å². The molecule has 2 N–H and O–H groups in total. The maximum absolute atomic E-state index is 12.5. The van der Waals surface area contributed by atoms with Crippen LogP contribution in [0.25, 0.3) is 0 Å². The molecule has 0 radical (unpaired) electrons. The van der Waals surface area contributed by atoms with E-state index in [1.807, 2.05) is 4.90 Å². The van der Waals surface area contributed by atoms with E-state index in [1.54, 1.807) is 13.2 Å². The van der Waals surface area contributed by atoms with E-state index in [-0.39, 0.29) is 12.5 Å². The molecule has 0 unspecified atom stereocenters. The summed E-state index contributed by atoms with van der Waals surface area (Å²) in [6.07, 6.45) is 6.91. The fourth-order valence-corrected chi connectivity index (χ4v) is 2.13. The Labute approximate surface area is 112 Å². The zero-order chi connectivity index (χ0) is 13.7. The number of nitrogens with zero attached hydrogens (tertiary/aromatic N) is 3. The summed E-state index contributed by atoms with van der Waals surface area (Å²) in [6, 6.07) is 0.291. The molecule has 1 aliphatic rings. The van der Waals surface area contributed by atoms with Crippen molar-refractivity contribution >= 4 is 11.7 Å². The van der Waals surface area contributed by atoms with Gasteiger partial charge in [0.1, 0.15) is 11.5 Å². The van der Waals surface area contributed by atoms with E-state index in [1.165, 1.54) is 6.20 Å². The number of nitrogens with one attached hydrogen (secondary N) is 1. The van der Waals surface area contributed by atoms with Crippen LogP contribution in [0.2, 0.25) is 0 Å². The van der Waals surface area contributed by atoms with Gasteiger partial charge in [-0.1, -0.05) is 0 Å². The van der Waals surface area contributed by atoms with E-state index < -0.39 is 0 Å². The van der Waals surface area contributed by atoms with Gasteiger partial charge in [0, 0.05) is 26.2 Å². The molecular formula is C13H20N4O2. The first-order chi connectivity index (χ1) is 9.26. The lowest BCUT2D eigenvalue weighted by Crippen LogP contribution is -2.45. The maximum Gasteiger partial charge on any atom is 0.274 e. The predicted molar refractivity (Wildman–Crippen MR) is 72.0 cm³/mol. The molecule has 0 bridgehead atoms. The minimum atomic E-state index is -0.0947. The zero-order valence-electron chi connectivity index (χ0n) is 11.2. The molecule has 6 heteroatoms. The van der Waals surface area contributed by atoms with Gasteiger partial charge in [0.15, 0.2) is 0 Å². The van der Waals surface area contributed by atoms with Gasteiger partial charge in [-0.15, -0.1) is 0 Å². The molecule has 1 aromatic heterocycles. The normalized spacial score (nSPS) is 14.8. The highest BCUT2D eigenvalue weighted by Crippen LogP contribution is 2.26. The van der Waals surface area contributed by atoms with Crippen LogP contribution in [0.5, 0.6) is 0 Å². The highest BCUT2D eigenvalue weighted by atomic mass is 16.3. The lowest BCUT2D eigenvalue weighted by Gasteiger charge is -2.37. The van der Waals surface area contributed by atoms with Crippen LogP contribution < -0.4 is 5.32 Å². The van der Waals surface area contributed by atoms with Crippen molar-refractivity contribution in [1.29, 1.82) is 0 Å². The van der Waals surface area contributed by atoms with E-state index in [2.05, 4.69) is 15.3 Å². The monoisotopic (exact) mass is 264 g/mol. The molecule has 1 fully saturated rings. The number of amides is 1. The molecule has 1 aromatic rings. The first kappa shape index (κ1) is 13.7. The van der Waals surface area contributed by atoms with Crippen LogP contribution in [-0.2, 0) is 0 Å². The highest BCUT2D eigenvalue weighted by Gasteiger charge is 2.29. The molecule has 6 nitrogen and oxygen atoms in total. The van der Waals surface area contributed by atoms with E-state index in [4.69, 9.17) is 5.11 Å². The molecule has 0 aliphatic heterocycles. The van der Waals surface area contributed by atoms with Crippen molar-refractivity contribution < 1.29 is 9.90 Å². The molecule has 2 rings (SSSR count). The second-order valence-electron chi connectivity index (χ2n) is 4.70. The Morgan fingerprint density at radius 1 is 1.53 bits per heavy atom. The van der Waals surface area contributed by atoms with Gasteiger partial charge < -0.3 is 15.3 Å². The van der Waals surface area contributed by atoms with Gasteiger partial charge >= 0.3 is 0 Å². The number of carbonyl (C=O) groups excluding carboxylic acids is 1. The first-order valence-corrected chi connectivity index (χ1v) is 6.68. The molecule has 0 aromatic carbocycles. The van der Waals surface area contributed by atoms with Crippen LogP contribution in [-0.4, -0.2) is 52.1 Å². The van der Waals surface area contributed by atoms with Gasteiger partial charge in [0.25, 0.3) is 5.91 Å². The molecule has 104 valence electrons. The third-order valence-electron chi connectivity index (χ3n) is 3.44. The van der Waals surface area contributed by atoms with Crippen molar-refractivity contribution in [3.63, 3.8) is 0 Å². The fourth-order valence-electron chi connectivity index (χ4n) is 2.13. The summed E-state index contributed by atoms with van der Waals surface area (Å²) in [7, 11) is 1.74. The summed E-state index contributed by atoms with van der Waals surface area (Å²) in [6.45, 7) is 0.671. The molecule has 1 amide bonds. The third-order valence-corrected chi connectivity index (χ3v) is 3.44. The number of aromatic nitrogens is 2. The molecule has 0 atom stereocenters. The van der Waals surface area contributed by atoms with Crippen molar-refractivity contribution in [2.75, 3.05) is 25.5 Å². The van der Waals surface area contributed by atoms with Crippen LogP contribution in [0.1, 0.15) is 36.2 Å². The van der Waals surface area contributed by atoms with Crippen molar-refractivity contribution in [2.24, 2.45) is 0 Å². The fraction of sp³-hybridized carbons (Fsp3) is 0.615. The summed E-state index contributed by atoms with van der Waals surface area (Å²) >= 11 is 0. The minimum absolute atomic E-state index is 0.0947. The summed E-state index contributed by atoms with van der Waals surface area (Å²) in [5.41, 5.74) is 0.358. The van der Waals surface area contributed by atoms with Gasteiger partial charge in [-0.05, 0) is 25.7 Å². The number of hydrogen-bond donors (Lipinski definition) is 2. The van der Waals surface area contributed by atoms with Crippen LogP contribution in [0.4, 0.5) is 5.82 Å². The van der Waals surface area contributed by atoms with E-state index in [0.717, 1.165) is 19.3 Å². The van der Waals surface area contributed by atoms with E-state index >= 15 is 0 Å². The second-order valence-corrected chi connectivity index (χ2v) is 4.70. The average molecular weight is 264 g/mol. The number of anilines is 1. The minimum Gasteiger partial charge on any atom is -0.396 e. The smallest absolute Gasteiger partial charge is 0.274 e. The van der Waals surface area contributed by atoms with Crippen LogP contribution in [0.15, 0.2) is 12.4 Å². The SMILES string of the molecule is CNc1cncc(C(=O)N(CCCO)C2CCC2)n1. The third kappa shape index (κ3) is 3.20. The Balaban J connectivity index is 2.12. The van der Waals surface area contributed by atoms with Crippen molar-refractivity contribution in [2.45, 2.75) is 31.7 Å². The molecule has 0 saturated heterocycles. The maximum atomic E-state index is 12.5. The van der Waals surface area contributed by atoms with Crippen molar-refractivity contribution in [3.05, 3.63) is 18.1 Å². The standard InChI is InChI=1S/C13H20N4O2/c1-14-12-9-15-8-11(16-12)13(19)17(6-3-7-18)10-4-2-5-10/h8-10,18H,2-7H2,1H3,(H,14,16). The van der Waals surface area contributed by atoms with Crippen molar-refractivity contribution in [3.8, 4) is 0 Å². The lowest BCUT2D eigenvalue weighted by atomic mass is 9.91. The lowest BCUT2D eigenvalue weighted by molar-refractivity contribution is 0.0556. The van der Waals surface area contributed by atoms with Crippen LogP contribution >= 0.6 is 0 Å². The number of hydrogen-bond acceptors (Lipinski definition) is 5. The Hall–Kier alpha value is -1.69. The van der Waals surface area contributed by atoms with Gasteiger partial charge in [-0.25, -0.2) is 4.98 Å². The highest BCUT2D eigenvalue weighted by molar-refractivity contribution is 5.92. The Morgan fingerprint density at radius 2 is 2.32 bits per heavy atom. The molecule has 1 saturated carbocycles. The number of aliphatic hydroxyl groups excluding tert-OH is 1. The Kier molecular flexibility index (Phi) is 4.68. The van der Waals surface area contributed by atoms with Gasteiger partial charge in [-0.3, -0.25) is 9.78 Å². The van der Waals surface area contributed by atoms with Gasteiger partial charge in [0.2, 0.25) is 0 Å². The summed E-state index contributed by atoms with van der Waals surface area (Å²) in [4.78, 5) is 22.5. The number of rotatable bonds is 6. The van der Waals surface area contributed by atoms with Gasteiger partial charge in [0.05, 0.1) is 12.4 Å². The second kappa shape index (κ2) is 6.47. The number of carbonyl (C=O) groups is 1. The Morgan fingerprint density at radius 3 is 2.89 bits per heavy atom. The topological polar surface area (TPSA) is 78.4 Å². The summed E-state index contributed by atoms with van der Waals surface area (Å²) in [5.74, 6) is 0.490. The average Bonchev–Trinajstić information content (AvgIpc) is 2.40. The molecule has 19 heavy (non-hydrogen) atoms. The molecule has 0 spiro atoms. The molecular weight excluding hydrogens is 244 g/mol. The zero-order valence-corrected chi connectivity index (χ0v) is 11.2. The molecule has 1 heterocycles. The van der Waals surface area contributed by atoms with Crippen molar-refractivity contribution in [1.82, 2.24) is 14.9 Å². The van der Waals surface area contributed by atoms with Gasteiger partial charge in [-0.2, -0.15) is 0 Å².